The van der Waals surface area contributed by atoms with E-state index < -0.39 is 0 Å². The molecule has 0 aliphatic heterocycles. The summed E-state index contributed by atoms with van der Waals surface area (Å²) in [6.07, 6.45) is 5.16. The van der Waals surface area contributed by atoms with Crippen LogP contribution in [0.5, 0.6) is 0 Å². The topological polar surface area (TPSA) is 39.2 Å². The second-order valence-electron chi connectivity index (χ2n) is 7.25. The number of pyridine rings is 1. The van der Waals surface area contributed by atoms with Crippen LogP contribution in [-0.2, 0) is 22.4 Å². The minimum atomic E-state index is -0.274. The number of thiophene rings is 1. The van der Waals surface area contributed by atoms with E-state index in [4.69, 9.17) is 9.72 Å². The average molecular weight is 380 g/mol. The summed E-state index contributed by atoms with van der Waals surface area (Å²) in [5.74, 6) is -0.436. The largest absolute Gasteiger partial charge is 0.469 e. The quantitative estimate of drug-likeness (QED) is 0.525. The molecule has 1 aromatic carbocycles. The maximum atomic E-state index is 12.7. The van der Waals surface area contributed by atoms with E-state index in [-0.39, 0.29) is 11.9 Å². The van der Waals surface area contributed by atoms with Crippen LogP contribution < -0.4 is 0 Å². The highest BCUT2D eigenvalue weighted by Gasteiger charge is 2.30. The molecular formula is C23H25NO2S. The molecule has 0 fully saturated rings. The lowest BCUT2D eigenvalue weighted by molar-refractivity contribution is -0.142. The van der Waals surface area contributed by atoms with Gasteiger partial charge in [0.05, 0.1) is 13.0 Å². The molecule has 3 aromatic rings. The molecule has 4 rings (SSSR count). The first-order valence-corrected chi connectivity index (χ1v) is 10.5. The number of rotatable bonds is 5. The van der Waals surface area contributed by atoms with Crippen LogP contribution >= 0.6 is 11.3 Å². The van der Waals surface area contributed by atoms with Gasteiger partial charge >= 0.3 is 5.97 Å². The molecule has 0 spiro atoms. The van der Waals surface area contributed by atoms with Gasteiger partial charge in [-0.3, -0.25) is 4.79 Å². The van der Waals surface area contributed by atoms with Crippen LogP contribution in [0.3, 0.4) is 0 Å². The number of esters is 1. The minimum Gasteiger partial charge on any atom is -0.469 e. The van der Waals surface area contributed by atoms with Gasteiger partial charge in [0, 0.05) is 16.0 Å². The van der Waals surface area contributed by atoms with Gasteiger partial charge < -0.3 is 4.74 Å². The second-order valence-corrected chi connectivity index (χ2v) is 8.34. The summed E-state index contributed by atoms with van der Waals surface area (Å²) in [5.41, 5.74) is 5.81. The molecule has 0 saturated heterocycles. The Hall–Kier alpha value is -2.20. The highest BCUT2D eigenvalue weighted by molar-refractivity contribution is 7.19. The van der Waals surface area contributed by atoms with E-state index in [2.05, 4.69) is 31.2 Å². The molecule has 3 nitrogen and oxygen atoms in total. The summed E-state index contributed by atoms with van der Waals surface area (Å²) < 4.78 is 5.19. The van der Waals surface area contributed by atoms with Crippen molar-refractivity contribution in [3.05, 3.63) is 52.0 Å². The third-order valence-corrected chi connectivity index (χ3v) is 6.74. The van der Waals surface area contributed by atoms with Crippen molar-refractivity contribution < 1.29 is 9.53 Å². The lowest BCUT2D eigenvalue weighted by atomic mass is 9.84. The summed E-state index contributed by atoms with van der Waals surface area (Å²) in [5, 5.41) is 1.27. The van der Waals surface area contributed by atoms with Crippen LogP contribution in [0.1, 0.15) is 53.8 Å². The zero-order valence-corrected chi connectivity index (χ0v) is 17.0. The van der Waals surface area contributed by atoms with Crippen LogP contribution in [0, 0.1) is 6.92 Å². The fraction of sp³-hybridized carbons (Fsp3) is 0.391. The molecule has 2 heterocycles. The van der Waals surface area contributed by atoms with Gasteiger partial charge in [-0.1, -0.05) is 43.7 Å². The van der Waals surface area contributed by atoms with Crippen molar-refractivity contribution >= 4 is 27.5 Å². The first kappa shape index (κ1) is 18.2. The number of carbonyl (C=O) groups excluding carboxylic acids is 1. The summed E-state index contributed by atoms with van der Waals surface area (Å²) in [7, 11) is 1.48. The molecule has 140 valence electrons. The first-order chi connectivity index (χ1) is 13.2. The van der Waals surface area contributed by atoms with Crippen molar-refractivity contribution in [1.82, 2.24) is 4.98 Å². The van der Waals surface area contributed by atoms with Crippen molar-refractivity contribution in [3.8, 4) is 11.1 Å². The molecule has 4 heteroatoms. The second kappa shape index (κ2) is 7.43. The number of carbonyl (C=O) groups is 1. The summed E-state index contributed by atoms with van der Waals surface area (Å²) in [4.78, 5) is 20.2. The number of nitrogens with zero attached hydrogens (tertiary/aromatic N) is 1. The molecule has 27 heavy (non-hydrogen) atoms. The van der Waals surface area contributed by atoms with E-state index in [0.717, 1.165) is 41.8 Å². The maximum absolute atomic E-state index is 12.7. The van der Waals surface area contributed by atoms with Gasteiger partial charge in [0.1, 0.15) is 4.83 Å². The van der Waals surface area contributed by atoms with E-state index in [9.17, 15) is 4.79 Å². The van der Waals surface area contributed by atoms with Crippen LogP contribution in [0.2, 0.25) is 0 Å². The van der Waals surface area contributed by atoms with Crippen LogP contribution in [0.15, 0.2) is 30.3 Å². The van der Waals surface area contributed by atoms with Crippen molar-refractivity contribution in [2.75, 3.05) is 7.11 Å². The molecule has 1 atom stereocenters. The first-order valence-electron chi connectivity index (χ1n) is 9.73. The lowest BCUT2D eigenvalue weighted by Crippen LogP contribution is -2.17. The predicted octanol–water partition coefficient (Wildman–Crippen LogP) is 5.82. The average Bonchev–Trinajstić information content (AvgIpc) is 3.26. The molecule has 1 aliphatic carbocycles. The van der Waals surface area contributed by atoms with Gasteiger partial charge in [0.25, 0.3) is 0 Å². The van der Waals surface area contributed by atoms with Crippen molar-refractivity contribution in [1.29, 1.82) is 0 Å². The van der Waals surface area contributed by atoms with Crippen molar-refractivity contribution in [3.63, 3.8) is 0 Å². The zero-order chi connectivity index (χ0) is 19.0. The number of aromatic nitrogens is 1. The van der Waals surface area contributed by atoms with E-state index in [1.54, 1.807) is 0 Å². The zero-order valence-electron chi connectivity index (χ0n) is 16.2. The number of ether oxygens (including phenoxy) is 1. The highest BCUT2D eigenvalue weighted by Crippen LogP contribution is 2.46. The predicted molar refractivity (Wildman–Crippen MR) is 111 cm³/mol. The molecule has 0 amide bonds. The van der Waals surface area contributed by atoms with E-state index >= 15 is 0 Å². The fourth-order valence-electron chi connectivity index (χ4n) is 4.40. The fourth-order valence-corrected chi connectivity index (χ4v) is 5.71. The van der Waals surface area contributed by atoms with Gasteiger partial charge in [0.2, 0.25) is 0 Å². The third kappa shape index (κ3) is 3.06. The van der Waals surface area contributed by atoms with E-state index in [0.29, 0.717) is 0 Å². The third-order valence-electron chi connectivity index (χ3n) is 5.56. The molecule has 2 aromatic heterocycles. The highest BCUT2D eigenvalue weighted by atomic mass is 32.1. The van der Waals surface area contributed by atoms with Crippen LogP contribution in [0.25, 0.3) is 21.3 Å². The summed E-state index contributed by atoms with van der Waals surface area (Å²) >= 11 is 1.83. The molecule has 0 N–H and O–H groups in total. The Bertz CT molecular complexity index is 991. The normalized spacial score (nSPS) is 14.3. The number of fused-ring (bicyclic) bond motifs is 3. The Morgan fingerprint density at radius 3 is 2.74 bits per heavy atom. The molecule has 0 radical (unpaired) electrons. The number of hydrogen-bond donors (Lipinski definition) is 0. The van der Waals surface area contributed by atoms with Gasteiger partial charge in [-0.25, -0.2) is 4.98 Å². The Labute approximate surface area is 164 Å². The van der Waals surface area contributed by atoms with E-state index in [1.807, 2.05) is 24.3 Å². The Balaban J connectivity index is 2.08. The van der Waals surface area contributed by atoms with E-state index in [1.165, 1.54) is 40.5 Å². The monoisotopic (exact) mass is 379 g/mol. The summed E-state index contributed by atoms with van der Waals surface area (Å²) in [6, 6.07) is 10.5. The van der Waals surface area contributed by atoms with Crippen LogP contribution in [0.4, 0.5) is 0 Å². The van der Waals surface area contributed by atoms with Gasteiger partial charge in [-0.2, -0.15) is 0 Å². The molecule has 0 bridgehead atoms. The van der Waals surface area contributed by atoms with Crippen LogP contribution in [-0.4, -0.2) is 18.1 Å². The molecule has 1 unspecified atom stereocenters. The Kier molecular flexibility index (Phi) is 5.00. The van der Waals surface area contributed by atoms with Crippen molar-refractivity contribution in [2.45, 2.75) is 51.9 Å². The summed E-state index contributed by atoms with van der Waals surface area (Å²) in [6.45, 7) is 4.15. The Morgan fingerprint density at radius 2 is 2.04 bits per heavy atom. The van der Waals surface area contributed by atoms with Gasteiger partial charge in [0.15, 0.2) is 0 Å². The van der Waals surface area contributed by atoms with Crippen molar-refractivity contribution in [2.24, 2.45) is 0 Å². The molecule has 0 saturated carbocycles. The van der Waals surface area contributed by atoms with Gasteiger partial charge in [-0.05, 0) is 54.9 Å². The Morgan fingerprint density at radius 1 is 1.26 bits per heavy atom. The number of benzene rings is 1. The SMILES string of the molecule is CCCC(C(=O)OC)c1c(C)nc2sc3c(c2c1-c1ccccc1)CCC3. The lowest BCUT2D eigenvalue weighted by Gasteiger charge is -2.21. The van der Waals surface area contributed by atoms with Gasteiger partial charge in [-0.15, -0.1) is 11.3 Å². The standard InChI is InChI=1S/C23H25NO2S/c1-4-9-17(23(25)26-3)19-14(2)24-22-21(16-12-8-13-18(16)27-22)20(19)15-10-6-5-7-11-15/h5-7,10-11,17H,4,8-9,12-13H2,1-3H3. The number of hydrogen-bond acceptors (Lipinski definition) is 4. The number of methoxy groups -OCH3 is 1. The minimum absolute atomic E-state index is 0.162. The smallest absolute Gasteiger partial charge is 0.313 e. The molecular weight excluding hydrogens is 354 g/mol. The number of aryl methyl sites for hydroxylation is 3. The maximum Gasteiger partial charge on any atom is 0.313 e. The molecule has 1 aliphatic rings.